The quantitative estimate of drug-likeness (QED) is 0.0689. The molecule has 0 saturated carbocycles. The van der Waals surface area contributed by atoms with Crippen molar-refractivity contribution >= 4 is 44.1 Å². The number of benzene rings is 8. The van der Waals surface area contributed by atoms with E-state index in [9.17, 15) is 41.1 Å². The molecule has 10 rings (SSSR count). The van der Waals surface area contributed by atoms with Gasteiger partial charge in [0.25, 0.3) is 16.1 Å². The van der Waals surface area contributed by atoms with E-state index in [1.807, 2.05) is 200 Å². The number of ether oxygens (including phenoxy) is 4. The number of aliphatic carboxylic acids is 1. The number of carboxylic acid groups (broad SMARTS) is 1. The molecule has 2 atom stereocenters. The number of methoxy groups -OCH3 is 2. The number of fused-ring (bicyclic) bond motifs is 2. The third-order valence-electron chi connectivity index (χ3n) is 15.2. The minimum absolute atomic E-state index is 0.0213. The van der Waals surface area contributed by atoms with Crippen molar-refractivity contribution in [2.24, 2.45) is 5.14 Å². The minimum Gasteiger partial charge on any atom is -0.493 e. The third kappa shape index (κ3) is 16.4. The van der Waals surface area contributed by atoms with E-state index in [0.29, 0.717) is 35.2 Å². The molecule has 464 valence electrons. The third-order valence-corrected chi connectivity index (χ3v) is 17.6. The molecule has 8 aromatic carbocycles. The topological polar surface area (TPSA) is 245 Å². The van der Waals surface area contributed by atoms with Crippen LogP contribution < -0.4 is 28.8 Å². The Labute approximate surface area is 520 Å². The zero-order chi connectivity index (χ0) is 63.8. The maximum atomic E-state index is 14.6. The molecule has 8 aromatic rings. The van der Waals surface area contributed by atoms with Gasteiger partial charge in [0.2, 0.25) is 11.8 Å². The number of nitrogens with two attached hydrogens (primary N) is 1. The van der Waals surface area contributed by atoms with Crippen LogP contribution in [-0.4, -0.2) is 119 Å². The summed E-state index contributed by atoms with van der Waals surface area (Å²) in [5, 5.41) is 14.8. The van der Waals surface area contributed by atoms with E-state index in [1.54, 1.807) is 13.2 Å². The van der Waals surface area contributed by atoms with Crippen molar-refractivity contribution in [1.29, 1.82) is 0 Å². The Morgan fingerprint density at radius 1 is 0.506 bits per heavy atom. The van der Waals surface area contributed by atoms with Gasteiger partial charge in [0, 0.05) is 65.2 Å². The van der Waals surface area contributed by atoms with E-state index in [2.05, 4.69) is 9.86 Å². The molecule has 0 spiro atoms. The molecule has 0 radical (unpaired) electrons. The zero-order valence-electron chi connectivity index (χ0n) is 50.2. The predicted octanol–water partition coefficient (Wildman–Crippen LogP) is 8.48. The molecule has 2 aliphatic heterocycles. The minimum atomic E-state index is -4.13. The lowest BCUT2D eigenvalue weighted by Crippen LogP contribution is -2.55. The number of carbonyl (C=O) groups excluding carboxylic acids is 3. The predicted molar refractivity (Wildman–Crippen MR) is 338 cm³/mol. The van der Waals surface area contributed by atoms with E-state index in [1.165, 1.54) is 45.1 Å². The lowest BCUT2D eigenvalue weighted by molar-refractivity contribution is -0.151. The van der Waals surface area contributed by atoms with Gasteiger partial charge in [0.05, 0.1) is 26.1 Å². The summed E-state index contributed by atoms with van der Waals surface area (Å²) in [4.78, 5) is 58.0. The molecule has 0 bridgehead atoms. The van der Waals surface area contributed by atoms with Crippen molar-refractivity contribution in [2.45, 2.75) is 63.1 Å². The van der Waals surface area contributed by atoms with Crippen LogP contribution in [0.15, 0.2) is 206 Å². The van der Waals surface area contributed by atoms with Crippen LogP contribution in [0.4, 0.5) is 0 Å². The fourth-order valence-electron chi connectivity index (χ4n) is 10.4. The second-order valence-corrected chi connectivity index (χ2v) is 25.0. The zero-order valence-corrected chi connectivity index (χ0v) is 51.8. The Kier molecular flexibility index (Phi) is 22.1. The summed E-state index contributed by atoms with van der Waals surface area (Å²) >= 11 is 0. The first-order valence-corrected chi connectivity index (χ1v) is 31.3. The van der Waals surface area contributed by atoms with Crippen LogP contribution in [0.1, 0.15) is 67.5 Å². The summed E-state index contributed by atoms with van der Waals surface area (Å²) in [5.41, 5.74) is 8.16. The summed E-state index contributed by atoms with van der Waals surface area (Å²) in [6, 6.07) is 62.2. The Bertz CT molecular complexity index is 3850. The van der Waals surface area contributed by atoms with Gasteiger partial charge in [-0.1, -0.05) is 194 Å². The van der Waals surface area contributed by atoms with Crippen molar-refractivity contribution in [3.8, 4) is 23.0 Å². The first kappa shape index (κ1) is 65.6. The molecule has 4 N–H and O–H groups in total. The number of nitrogens with zero attached hydrogens (tertiary/aromatic N) is 4. The van der Waals surface area contributed by atoms with Crippen LogP contribution in [0.3, 0.4) is 0 Å². The van der Waals surface area contributed by atoms with Crippen LogP contribution in [0.5, 0.6) is 23.0 Å². The lowest BCUT2D eigenvalue weighted by Gasteiger charge is -2.39. The second-order valence-electron chi connectivity index (χ2n) is 21.3. The van der Waals surface area contributed by atoms with E-state index < -0.39 is 56.2 Å². The van der Waals surface area contributed by atoms with Gasteiger partial charge < -0.3 is 33.9 Å². The first-order chi connectivity index (χ1) is 42.7. The molecule has 0 fully saturated rings. The number of carboxylic acids is 1. The van der Waals surface area contributed by atoms with Crippen LogP contribution in [-0.2, 0) is 78.7 Å². The van der Waals surface area contributed by atoms with Crippen LogP contribution in [0.2, 0.25) is 0 Å². The average molecular weight is 1250 g/mol. The maximum Gasteiger partial charge on any atom is 0.326 e. The molecule has 21 heteroatoms. The van der Waals surface area contributed by atoms with Gasteiger partial charge in [-0.05, 0) is 56.6 Å². The maximum absolute atomic E-state index is 14.6. The standard InChI is InChI=1S/C34H35N3O6S.C32H29NO5.C2H8N2O2S/c1-36(2)44(40,41)35-33(38)29-21-28-27(19-20-30(42-3)32(28)43-23-24-13-7-4-8-14-24)22-37(29)34(39)31(25-15-9-5-10-16-25)26-17-11-6-12-18-26;1-37-28-18-17-25-20-33(31(34)29(23-13-7-3-8-14-23)24-15-9-4-10-16-24)27(32(35)36)19-26(25)30(28)38-21-22-11-5-2-6-12-22;1-4(2)7(3,5)6/h4-20,29,31H,21-23H2,1-3H3,(H,35,38);2-18,27,29H,19-21H2,1H3,(H,35,36);1-2H3,(H2,3,5,6)/t29-;27-;/m00./s1. The molecular formula is C68H72N6O13S2. The molecule has 3 amide bonds. The SMILES string of the molecule is CN(C)S(N)(=O)=O.COc1ccc2c(c1OCc1ccccc1)C[C@@H](C(=O)NS(=O)(=O)N(C)C)N(C(=O)C(c1ccccc1)c1ccccc1)C2.COc1ccc2c(c1OCc1ccccc1)C[C@@H](C(=O)O)N(C(=O)C(c1ccccc1)c1ccccc1)C2. The molecule has 2 heterocycles. The summed E-state index contributed by atoms with van der Waals surface area (Å²) < 4.78 is 73.3. The fourth-order valence-corrected chi connectivity index (χ4v) is 11.0. The molecule has 0 aliphatic carbocycles. The van der Waals surface area contributed by atoms with Gasteiger partial charge in [-0.15, -0.1) is 0 Å². The van der Waals surface area contributed by atoms with Crippen molar-refractivity contribution in [3.05, 3.63) is 262 Å². The van der Waals surface area contributed by atoms with Crippen molar-refractivity contribution in [3.63, 3.8) is 0 Å². The number of hydrogen-bond acceptors (Lipinski definition) is 12. The van der Waals surface area contributed by atoms with Gasteiger partial charge >= 0.3 is 16.2 Å². The second kappa shape index (κ2) is 30.0. The van der Waals surface area contributed by atoms with E-state index in [4.69, 9.17) is 18.9 Å². The van der Waals surface area contributed by atoms with Gasteiger partial charge in [-0.2, -0.15) is 25.4 Å². The molecular weight excluding hydrogens is 1170 g/mol. The lowest BCUT2D eigenvalue weighted by atomic mass is 9.86. The first-order valence-electron chi connectivity index (χ1n) is 28.4. The number of hydrogen-bond donors (Lipinski definition) is 3. The number of amides is 3. The Balaban J connectivity index is 0.000000209. The van der Waals surface area contributed by atoms with Gasteiger partial charge in [0.1, 0.15) is 25.3 Å². The normalized spacial score (nSPS) is 14.5. The summed E-state index contributed by atoms with van der Waals surface area (Å²) in [7, 11) is 0.965. The monoisotopic (exact) mass is 1240 g/mol. The van der Waals surface area contributed by atoms with E-state index in [-0.39, 0.29) is 44.4 Å². The average Bonchev–Trinajstić information content (AvgIpc) is 3.69. The smallest absolute Gasteiger partial charge is 0.326 e. The highest BCUT2D eigenvalue weighted by Crippen LogP contribution is 2.42. The van der Waals surface area contributed by atoms with E-state index in [0.717, 1.165) is 58.7 Å². The highest BCUT2D eigenvalue weighted by Gasteiger charge is 2.43. The summed E-state index contributed by atoms with van der Waals surface area (Å²) in [6.07, 6.45) is 0.140. The van der Waals surface area contributed by atoms with Crippen LogP contribution in [0, 0.1) is 0 Å². The van der Waals surface area contributed by atoms with Crippen molar-refractivity contribution in [1.82, 2.24) is 23.1 Å². The summed E-state index contributed by atoms with van der Waals surface area (Å²) in [6.45, 7) is 0.799. The number of carbonyl (C=O) groups is 4. The van der Waals surface area contributed by atoms with Gasteiger partial charge in [-0.3, -0.25) is 14.4 Å². The van der Waals surface area contributed by atoms with Crippen molar-refractivity contribution in [2.75, 3.05) is 42.4 Å². The number of rotatable bonds is 19. The van der Waals surface area contributed by atoms with Crippen LogP contribution >= 0.6 is 0 Å². The Hall–Kier alpha value is -9.38. The highest BCUT2D eigenvalue weighted by molar-refractivity contribution is 7.87. The molecule has 19 nitrogen and oxygen atoms in total. The van der Waals surface area contributed by atoms with E-state index >= 15 is 0 Å². The molecule has 2 aliphatic rings. The number of nitrogens with one attached hydrogen (secondary N) is 1. The highest BCUT2D eigenvalue weighted by atomic mass is 32.2. The van der Waals surface area contributed by atoms with Gasteiger partial charge in [0.15, 0.2) is 23.0 Å². The molecule has 0 aromatic heterocycles. The fraction of sp³-hybridized carbons (Fsp3) is 0.235. The Morgan fingerprint density at radius 3 is 1.12 bits per heavy atom. The molecule has 0 saturated heterocycles. The Morgan fingerprint density at radius 2 is 0.820 bits per heavy atom. The van der Waals surface area contributed by atoms with Crippen molar-refractivity contribution < 1.29 is 60.1 Å². The molecule has 0 unspecified atom stereocenters. The van der Waals surface area contributed by atoms with Crippen LogP contribution in [0.25, 0.3) is 0 Å². The summed E-state index contributed by atoms with van der Waals surface area (Å²) in [5.74, 6) is -1.77. The van der Waals surface area contributed by atoms with Gasteiger partial charge in [-0.25, -0.2) is 14.7 Å². The largest absolute Gasteiger partial charge is 0.493 e. The molecule has 89 heavy (non-hydrogen) atoms.